The van der Waals surface area contributed by atoms with E-state index in [2.05, 4.69) is 0 Å². The molecule has 1 rings (SSSR count). The molecule has 5 nitrogen and oxygen atoms in total. The second kappa shape index (κ2) is 9.31. The van der Waals surface area contributed by atoms with Gasteiger partial charge in [0.2, 0.25) is 0 Å². The summed E-state index contributed by atoms with van der Waals surface area (Å²) in [6.07, 6.45) is 0. The molecule has 0 heterocycles. The predicted molar refractivity (Wildman–Crippen MR) is 79.7 cm³/mol. The van der Waals surface area contributed by atoms with Crippen molar-refractivity contribution >= 4 is 11.6 Å². The van der Waals surface area contributed by atoms with Crippen LogP contribution in [0.2, 0.25) is 0 Å². The Balaban J connectivity index is 2.79. The summed E-state index contributed by atoms with van der Waals surface area (Å²) in [7, 11) is 0. The van der Waals surface area contributed by atoms with Crippen molar-refractivity contribution < 1.29 is 18.7 Å². The summed E-state index contributed by atoms with van der Waals surface area (Å²) in [5, 5.41) is 0. The Bertz CT molecular complexity index is 445. The number of amides is 1. The summed E-state index contributed by atoms with van der Waals surface area (Å²) in [5.74, 6) is -0.798. The van der Waals surface area contributed by atoms with E-state index in [4.69, 9.17) is 15.2 Å². The molecule has 1 aromatic rings. The van der Waals surface area contributed by atoms with Crippen LogP contribution in [0.4, 0.5) is 10.1 Å². The van der Waals surface area contributed by atoms with Crippen molar-refractivity contribution in [3.05, 3.63) is 29.6 Å². The second-order valence-corrected chi connectivity index (χ2v) is 4.42. The Labute approximate surface area is 124 Å². The molecule has 0 saturated heterocycles. The van der Waals surface area contributed by atoms with Gasteiger partial charge >= 0.3 is 0 Å². The van der Waals surface area contributed by atoms with Crippen LogP contribution < -0.4 is 5.73 Å². The van der Waals surface area contributed by atoms with Gasteiger partial charge in [-0.15, -0.1) is 0 Å². The maximum atomic E-state index is 13.3. The largest absolute Gasteiger partial charge is 0.398 e. The zero-order valence-electron chi connectivity index (χ0n) is 12.6. The molecule has 0 fully saturated rings. The minimum absolute atomic E-state index is 0.169. The summed E-state index contributed by atoms with van der Waals surface area (Å²) in [6.45, 7) is 6.59. The van der Waals surface area contributed by atoms with Crippen molar-refractivity contribution in [2.24, 2.45) is 0 Å². The van der Waals surface area contributed by atoms with Crippen molar-refractivity contribution in [2.45, 2.75) is 13.8 Å². The first-order valence-corrected chi connectivity index (χ1v) is 7.09. The number of hydrogen-bond donors (Lipinski definition) is 1. The Morgan fingerprint density at radius 3 is 2.29 bits per heavy atom. The molecule has 0 aliphatic rings. The van der Waals surface area contributed by atoms with Crippen LogP contribution in [0, 0.1) is 5.82 Å². The standard InChI is InChI=1S/C15H23FN2O3/c1-3-20-9-7-18(8-10-21-4-2)15(19)13-11-12(16)5-6-14(13)17/h5-6,11H,3-4,7-10,17H2,1-2H3. The maximum absolute atomic E-state index is 13.3. The first kappa shape index (κ1) is 17.4. The number of carbonyl (C=O) groups is 1. The van der Waals surface area contributed by atoms with E-state index >= 15 is 0 Å². The second-order valence-electron chi connectivity index (χ2n) is 4.42. The lowest BCUT2D eigenvalue weighted by atomic mass is 10.1. The molecule has 2 N–H and O–H groups in total. The molecule has 1 aromatic carbocycles. The lowest BCUT2D eigenvalue weighted by molar-refractivity contribution is 0.0550. The smallest absolute Gasteiger partial charge is 0.256 e. The monoisotopic (exact) mass is 298 g/mol. The molecule has 0 aliphatic carbocycles. The van der Waals surface area contributed by atoms with E-state index in [1.54, 1.807) is 4.90 Å². The lowest BCUT2D eigenvalue weighted by Crippen LogP contribution is -2.37. The van der Waals surface area contributed by atoms with Crippen LogP contribution >= 0.6 is 0 Å². The van der Waals surface area contributed by atoms with Crippen LogP contribution in [0.15, 0.2) is 18.2 Å². The van der Waals surface area contributed by atoms with Gasteiger partial charge in [0.25, 0.3) is 5.91 Å². The first-order valence-electron chi connectivity index (χ1n) is 7.09. The fraction of sp³-hybridized carbons (Fsp3) is 0.533. The van der Waals surface area contributed by atoms with Gasteiger partial charge in [-0.05, 0) is 32.0 Å². The van der Waals surface area contributed by atoms with E-state index < -0.39 is 5.82 Å². The number of carbonyl (C=O) groups excluding carboxylic acids is 1. The van der Waals surface area contributed by atoms with Gasteiger partial charge in [-0.3, -0.25) is 4.79 Å². The summed E-state index contributed by atoms with van der Waals surface area (Å²) in [4.78, 5) is 14.0. The van der Waals surface area contributed by atoms with Gasteiger partial charge in [0.15, 0.2) is 0 Å². The molecule has 0 spiro atoms. The van der Waals surface area contributed by atoms with E-state index in [-0.39, 0.29) is 17.2 Å². The highest BCUT2D eigenvalue weighted by atomic mass is 19.1. The quantitative estimate of drug-likeness (QED) is 0.559. The molecule has 0 atom stereocenters. The average molecular weight is 298 g/mol. The molecule has 118 valence electrons. The number of anilines is 1. The Kier molecular flexibility index (Phi) is 7.71. The summed E-state index contributed by atoms with van der Waals surface area (Å²) in [6, 6.07) is 3.79. The van der Waals surface area contributed by atoms with Crippen molar-refractivity contribution in [3.63, 3.8) is 0 Å². The van der Waals surface area contributed by atoms with Gasteiger partial charge in [0, 0.05) is 32.0 Å². The third-order valence-electron chi connectivity index (χ3n) is 2.95. The van der Waals surface area contributed by atoms with Crippen LogP contribution in [0.5, 0.6) is 0 Å². The van der Waals surface area contributed by atoms with E-state index in [1.807, 2.05) is 13.8 Å². The van der Waals surface area contributed by atoms with Crippen molar-refractivity contribution in [2.75, 3.05) is 45.3 Å². The van der Waals surface area contributed by atoms with E-state index in [0.717, 1.165) is 6.07 Å². The normalized spacial score (nSPS) is 10.6. The number of nitrogen functional groups attached to an aromatic ring is 1. The van der Waals surface area contributed by atoms with E-state index in [9.17, 15) is 9.18 Å². The highest BCUT2D eigenvalue weighted by Crippen LogP contribution is 2.16. The molecule has 0 saturated carbocycles. The number of nitrogens with two attached hydrogens (primary N) is 1. The van der Waals surface area contributed by atoms with Crippen LogP contribution in [0.1, 0.15) is 24.2 Å². The van der Waals surface area contributed by atoms with Crippen LogP contribution in [0.3, 0.4) is 0 Å². The van der Waals surface area contributed by atoms with E-state index in [0.29, 0.717) is 39.5 Å². The summed E-state index contributed by atoms with van der Waals surface area (Å²) < 4.78 is 23.8. The minimum atomic E-state index is -0.484. The Hall–Kier alpha value is -1.66. The number of benzene rings is 1. The molecule has 0 unspecified atom stereocenters. The predicted octanol–water partition coefficient (Wildman–Crippen LogP) is 1.92. The molecular weight excluding hydrogens is 275 g/mol. The molecule has 21 heavy (non-hydrogen) atoms. The minimum Gasteiger partial charge on any atom is -0.398 e. The molecule has 0 bridgehead atoms. The van der Waals surface area contributed by atoms with Gasteiger partial charge < -0.3 is 20.1 Å². The third-order valence-corrected chi connectivity index (χ3v) is 2.95. The zero-order valence-corrected chi connectivity index (χ0v) is 12.6. The zero-order chi connectivity index (χ0) is 15.7. The fourth-order valence-electron chi connectivity index (χ4n) is 1.84. The van der Waals surface area contributed by atoms with Gasteiger partial charge in [0.1, 0.15) is 5.82 Å². The Morgan fingerprint density at radius 1 is 1.19 bits per heavy atom. The highest BCUT2D eigenvalue weighted by molar-refractivity contribution is 5.99. The van der Waals surface area contributed by atoms with Crippen LogP contribution in [0.25, 0.3) is 0 Å². The maximum Gasteiger partial charge on any atom is 0.256 e. The van der Waals surface area contributed by atoms with Crippen molar-refractivity contribution in [1.82, 2.24) is 4.90 Å². The summed E-state index contributed by atoms with van der Waals surface area (Å²) >= 11 is 0. The SMILES string of the molecule is CCOCCN(CCOCC)C(=O)c1cc(F)ccc1N. The number of nitrogens with zero attached hydrogens (tertiary/aromatic N) is 1. The lowest BCUT2D eigenvalue weighted by Gasteiger charge is -2.23. The van der Waals surface area contributed by atoms with Gasteiger partial charge in [-0.25, -0.2) is 4.39 Å². The Morgan fingerprint density at radius 2 is 1.76 bits per heavy atom. The number of ether oxygens (including phenoxy) is 2. The summed E-state index contributed by atoms with van der Waals surface area (Å²) in [5.41, 5.74) is 6.19. The average Bonchev–Trinajstić information content (AvgIpc) is 2.48. The van der Waals surface area contributed by atoms with E-state index in [1.165, 1.54) is 12.1 Å². The van der Waals surface area contributed by atoms with Crippen LogP contribution in [-0.2, 0) is 9.47 Å². The van der Waals surface area contributed by atoms with Crippen molar-refractivity contribution in [1.29, 1.82) is 0 Å². The third kappa shape index (κ3) is 5.69. The fourth-order valence-corrected chi connectivity index (χ4v) is 1.84. The molecule has 1 amide bonds. The van der Waals surface area contributed by atoms with Gasteiger partial charge in [-0.2, -0.15) is 0 Å². The molecule has 0 aliphatic heterocycles. The van der Waals surface area contributed by atoms with Gasteiger partial charge in [0.05, 0.1) is 18.8 Å². The topological polar surface area (TPSA) is 64.8 Å². The highest BCUT2D eigenvalue weighted by Gasteiger charge is 2.18. The molecule has 0 aromatic heterocycles. The first-order chi connectivity index (χ1) is 10.1. The number of hydrogen-bond acceptors (Lipinski definition) is 4. The van der Waals surface area contributed by atoms with Crippen LogP contribution in [-0.4, -0.2) is 50.3 Å². The molecule has 0 radical (unpaired) electrons. The number of rotatable bonds is 9. The molecule has 6 heteroatoms. The van der Waals surface area contributed by atoms with Gasteiger partial charge in [-0.1, -0.05) is 0 Å². The molecular formula is C15H23FN2O3. The van der Waals surface area contributed by atoms with Crippen molar-refractivity contribution in [3.8, 4) is 0 Å². The number of halogens is 1.